The van der Waals surface area contributed by atoms with Crippen molar-refractivity contribution in [1.29, 1.82) is 0 Å². The Hall–Kier alpha value is -3.87. The molecule has 0 aliphatic heterocycles. The van der Waals surface area contributed by atoms with Crippen molar-refractivity contribution >= 4 is 0 Å². The van der Waals surface area contributed by atoms with E-state index in [4.69, 9.17) is 14.5 Å². The quantitative estimate of drug-likeness (QED) is 0.428. The van der Waals surface area contributed by atoms with E-state index in [-0.39, 0.29) is 6.01 Å². The van der Waals surface area contributed by atoms with Gasteiger partial charge in [-0.05, 0) is 36.6 Å². The van der Waals surface area contributed by atoms with Gasteiger partial charge in [-0.15, -0.1) is 0 Å². The molecule has 4 aromatic rings. The number of hydrogen-bond donors (Lipinski definition) is 0. The van der Waals surface area contributed by atoms with Gasteiger partial charge in [-0.3, -0.25) is 0 Å². The van der Waals surface area contributed by atoms with Crippen LogP contribution < -0.4 is 14.0 Å². The van der Waals surface area contributed by atoms with Crippen LogP contribution >= 0.6 is 0 Å². The summed E-state index contributed by atoms with van der Waals surface area (Å²) in [7, 11) is 1.93. The average Bonchev–Trinajstić information content (AvgIpc) is 3.10. The number of benzene rings is 1. The van der Waals surface area contributed by atoms with Crippen LogP contribution in [0.3, 0.4) is 0 Å². The molecule has 5 rings (SSSR count). The number of rotatable bonds is 4. The van der Waals surface area contributed by atoms with Crippen LogP contribution in [0.2, 0.25) is 0 Å². The molecule has 0 amide bonds. The summed E-state index contributed by atoms with van der Waals surface area (Å²) in [6, 6.07) is 10.2. The van der Waals surface area contributed by atoms with Crippen molar-refractivity contribution in [3.8, 4) is 34.5 Å². The molecule has 0 saturated carbocycles. The molecule has 148 valence electrons. The van der Waals surface area contributed by atoms with Gasteiger partial charge in [0.05, 0.1) is 23.7 Å². The van der Waals surface area contributed by atoms with Gasteiger partial charge in [-0.25, -0.2) is 14.5 Å². The van der Waals surface area contributed by atoms with Crippen LogP contribution in [-0.2, 0) is 13.5 Å². The molecule has 0 N–H and O–H groups in total. The molecule has 7 nitrogen and oxygen atoms in total. The van der Waals surface area contributed by atoms with Crippen LogP contribution in [0.1, 0.15) is 22.6 Å². The van der Waals surface area contributed by atoms with Gasteiger partial charge in [0.2, 0.25) is 12.1 Å². The minimum atomic E-state index is 0.244. The van der Waals surface area contributed by atoms with Gasteiger partial charge in [0.1, 0.15) is 12.9 Å². The van der Waals surface area contributed by atoms with E-state index in [1.165, 1.54) is 11.1 Å². The van der Waals surface area contributed by atoms with Crippen LogP contribution in [0.4, 0.5) is 0 Å². The third-order valence-corrected chi connectivity index (χ3v) is 5.05. The summed E-state index contributed by atoms with van der Waals surface area (Å²) in [5.74, 6) is 2.28. The van der Waals surface area contributed by atoms with E-state index >= 15 is 0 Å². The minimum absolute atomic E-state index is 0.244. The van der Waals surface area contributed by atoms with Gasteiger partial charge in [-0.2, -0.15) is 9.97 Å². The van der Waals surface area contributed by atoms with Crippen molar-refractivity contribution in [2.45, 2.75) is 20.3 Å². The lowest BCUT2D eigenvalue weighted by Crippen LogP contribution is -2.25. The molecular formula is C23H20N5O2+. The first-order valence-electron chi connectivity index (χ1n) is 9.66. The molecule has 0 unspecified atom stereocenters. The maximum absolute atomic E-state index is 6.11. The molecule has 0 fully saturated rings. The molecule has 1 aromatic carbocycles. The van der Waals surface area contributed by atoms with Crippen molar-refractivity contribution in [3.63, 3.8) is 0 Å². The van der Waals surface area contributed by atoms with Crippen LogP contribution in [0, 0.1) is 13.8 Å². The molecule has 1 aliphatic rings. The Balaban J connectivity index is 1.60. The first-order valence-corrected chi connectivity index (χ1v) is 9.66. The molecule has 1 aliphatic carbocycles. The molecule has 0 atom stereocenters. The fourth-order valence-corrected chi connectivity index (χ4v) is 3.59. The second kappa shape index (κ2) is 7.18. The van der Waals surface area contributed by atoms with Gasteiger partial charge in [0.25, 0.3) is 0 Å². The van der Waals surface area contributed by atoms with Gasteiger partial charge in [0.15, 0.2) is 17.7 Å². The fraction of sp³-hybridized carbons (Fsp3) is 0.174. The highest BCUT2D eigenvalue weighted by Gasteiger charge is 2.28. The normalized spacial score (nSPS) is 11.7. The highest BCUT2D eigenvalue weighted by Crippen LogP contribution is 2.44. The van der Waals surface area contributed by atoms with Crippen LogP contribution in [-0.4, -0.2) is 19.9 Å². The number of hydrogen-bond acceptors (Lipinski definition) is 6. The van der Waals surface area contributed by atoms with Crippen LogP contribution in [0.15, 0.2) is 55.1 Å². The predicted octanol–water partition coefficient (Wildman–Crippen LogP) is 3.86. The molecule has 0 spiro atoms. The van der Waals surface area contributed by atoms with Crippen LogP contribution in [0.25, 0.3) is 11.1 Å². The molecule has 30 heavy (non-hydrogen) atoms. The van der Waals surface area contributed by atoms with Crippen molar-refractivity contribution in [2.75, 3.05) is 0 Å². The lowest BCUT2D eigenvalue weighted by molar-refractivity contribution is -0.671. The lowest BCUT2D eigenvalue weighted by Gasteiger charge is -2.12. The lowest BCUT2D eigenvalue weighted by atomic mass is 10.0. The smallest absolute Gasteiger partial charge is 0.325 e. The Labute approximate surface area is 174 Å². The monoisotopic (exact) mass is 398 g/mol. The largest absolute Gasteiger partial charge is 0.435 e. The highest BCUT2D eigenvalue weighted by molar-refractivity contribution is 5.80. The number of ether oxygens (including phenoxy) is 2. The molecule has 0 radical (unpaired) electrons. The maximum atomic E-state index is 6.11. The molecular weight excluding hydrogens is 378 g/mol. The van der Waals surface area contributed by atoms with Crippen molar-refractivity contribution in [2.24, 2.45) is 7.05 Å². The third kappa shape index (κ3) is 3.34. The first-order chi connectivity index (χ1) is 14.6. The Bertz CT molecular complexity index is 1260. The topological polar surface area (TPSA) is 73.9 Å². The summed E-state index contributed by atoms with van der Waals surface area (Å²) < 4.78 is 14.0. The highest BCUT2D eigenvalue weighted by atomic mass is 16.5. The zero-order chi connectivity index (χ0) is 20.7. The molecule has 0 bridgehead atoms. The van der Waals surface area contributed by atoms with Gasteiger partial charge in [0, 0.05) is 12.5 Å². The van der Waals surface area contributed by atoms with Crippen molar-refractivity contribution in [1.82, 2.24) is 19.9 Å². The first kappa shape index (κ1) is 18.2. The predicted molar refractivity (Wildman–Crippen MR) is 110 cm³/mol. The van der Waals surface area contributed by atoms with Gasteiger partial charge < -0.3 is 9.47 Å². The summed E-state index contributed by atoms with van der Waals surface area (Å²) in [5.41, 5.74) is 5.31. The van der Waals surface area contributed by atoms with E-state index in [2.05, 4.69) is 34.0 Å². The van der Waals surface area contributed by atoms with Crippen molar-refractivity contribution < 1.29 is 14.0 Å². The molecule has 0 saturated heterocycles. The van der Waals surface area contributed by atoms with Crippen LogP contribution in [0.5, 0.6) is 23.4 Å². The summed E-state index contributed by atoms with van der Waals surface area (Å²) in [6.45, 7) is 3.94. The number of aryl methyl sites for hydroxylation is 3. The van der Waals surface area contributed by atoms with E-state index in [9.17, 15) is 0 Å². The number of aromatic nitrogens is 5. The second-order valence-electron chi connectivity index (χ2n) is 7.29. The summed E-state index contributed by atoms with van der Waals surface area (Å²) in [5, 5.41) is 0. The Kier molecular flexibility index (Phi) is 4.35. The van der Waals surface area contributed by atoms with E-state index in [1.807, 2.05) is 49.1 Å². The Morgan fingerprint density at radius 1 is 0.933 bits per heavy atom. The standard InChI is InChI=1S/C23H20N5O2/c1-14-6-4-8-18-19(14)10-20-21(18)22(29-17-11-24-15(2)25-12-17)27-23(26-20)30-16-7-5-9-28(3)13-16/h4-9,11-13H,10H2,1-3H3/q+1. The van der Waals surface area contributed by atoms with E-state index in [0.29, 0.717) is 29.6 Å². The zero-order valence-electron chi connectivity index (χ0n) is 17.0. The summed E-state index contributed by atoms with van der Waals surface area (Å²) in [4.78, 5) is 17.7. The third-order valence-electron chi connectivity index (χ3n) is 5.05. The van der Waals surface area contributed by atoms with E-state index in [1.54, 1.807) is 12.4 Å². The summed E-state index contributed by atoms with van der Waals surface area (Å²) in [6.07, 6.45) is 7.78. The average molecular weight is 398 g/mol. The van der Waals surface area contributed by atoms with E-state index in [0.717, 1.165) is 16.8 Å². The fourth-order valence-electron chi connectivity index (χ4n) is 3.59. The molecule has 3 heterocycles. The minimum Gasteiger partial charge on any atom is -0.435 e. The number of fused-ring (bicyclic) bond motifs is 3. The number of pyridine rings is 1. The zero-order valence-corrected chi connectivity index (χ0v) is 17.0. The Morgan fingerprint density at radius 3 is 2.57 bits per heavy atom. The molecule has 7 heteroatoms. The Morgan fingerprint density at radius 2 is 1.77 bits per heavy atom. The van der Waals surface area contributed by atoms with Crippen molar-refractivity contribution in [3.05, 3.63) is 77.8 Å². The van der Waals surface area contributed by atoms with Gasteiger partial charge >= 0.3 is 6.01 Å². The van der Waals surface area contributed by atoms with Gasteiger partial charge in [-0.1, -0.05) is 18.2 Å². The summed E-state index contributed by atoms with van der Waals surface area (Å²) >= 11 is 0. The number of nitrogens with zero attached hydrogens (tertiary/aromatic N) is 5. The second-order valence-corrected chi connectivity index (χ2v) is 7.29. The van der Waals surface area contributed by atoms with E-state index < -0.39 is 0 Å². The molecule has 3 aromatic heterocycles. The SMILES string of the molecule is Cc1ncc(Oc2nc(Oc3ccc[n+](C)c3)nc3c2-c2cccc(C)c2C3)cn1. The maximum Gasteiger partial charge on any atom is 0.325 e.